The van der Waals surface area contributed by atoms with Crippen LogP contribution < -0.4 is 0 Å². The van der Waals surface area contributed by atoms with Crippen molar-refractivity contribution in [1.29, 1.82) is 0 Å². The summed E-state index contributed by atoms with van der Waals surface area (Å²) in [5.74, 6) is 1.35. The summed E-state index contributed by atoms with van der Waals surface area (Å²) in [4.78, 5) is 9.88. The summed E-state index contributed by atoms with van der Waals surface area (Å²) in [6.45, 7) is 7.41. The van der Waals surface area contributed by atoms with Gasteiger partial charge >= 0.3 is 21.1 Å². The Morgan fingerprint density at radius 2 is 1.96 bits per heavy atom. The van der Waals surface area contributed by atoms with E-state index >= 15 is 0 Å². The van der Waals surface area contributed by atoms with Crippen LogP contribution in [0.3, 0.4) is 0 Å². The third-order valence-electron chi connectivity index (χ3n) is 4.50. The van der Waals surface area contributed by atoms with Gasteiger partial charge in [0.1, 0.15) is 0 Å². The van der Waals surface area contributed by atoms with E-state index in [1.807, 2.05) is 17.8 Å². The van der Waals surface area contributed by atoms with Gasteiger partial charge in [0.05, 0.1) is 5.41 Å². The van der Waals surface area contributed by atoms with E-state index in [1.165, 1.54) is 5.56 Å². The molecule has 1 aliphatic rings. The molecule has 1 aliphatic heterocycles. The van der Waals surface area contributed by atoms with Gasteiger partial charge in [-0.15, -0.1) is 5.10 Å². The maximum atomic E-state index is 7.75. The number of rotatable bonds is 2. The van der Waals surface area contributed by atoms with E-state index in [2.05, 4.69) is 65.5 Å². The van der Waals surface area contributed by atoms with Gasteiger partial charge < -0.3 is 9.69 Å². The van der Waals surface area contributed by atoms with Crippen molar-refractivity contribution in [2.24, 2.45) is 13.0 Å². The molecule has 2 aromatic rings. The van der Waals surface area contributed by atoms with E-state index in [1.54, 1.807) is 0 Å². The minimum atomic E-state index is -0.131. The van der Waals surface area contributed by atoms with Crippen molar-refractivity contribution in [2.45, 2.75) is 18.8 Å². The minimum Gasteiger partial charge on any atom is -0.545 e. The molecule has 1 aromatic carbocycles. The number of likely N-dealkylation sites (tertiary alicyclic amines) is 1. The summed E-state index contributed by atoms with van der Waals surface area (Å²) in [7, 11) is 6.01. The predicted octanol–water partition coefficient (Wildman–Crippen LogP) is 1.35. The molecule has 0 spiro atoms. The summed E-state index contributed by atoms with van der Waals surface area (Å²) in [6.07, 6.45) is 0.982. The third kappa shape index (κ3) is 3.59. The fraction of sp³-hybridized carbons (Fsp3) is 0.438. The first kappa shape index (κ1) is 19.7. The Morgan fingerprint density at radius 1 is 1.30 bits per heavy atom. The van der Waals surface area contributed by atoms with Gasteiger partial charge in [0, 0.05) is 7.05 Å². The number of tetrazole rings is 1. The zero-order chi connectivity index (χ0) is 16.2. The third-order valence-corrected chi connectivity index (χ3v) is 4.50. The second-order valence-electron chi connectivity index (χ2n) is 5.69. The molecule has 0 amide bonds. The first-order valence-electron chi connectivity index (χ1n) is 7.22. The van der Waals surface area contributed by atoms with Crippen molar-refractivity contribution in [3.8, 4) is 0 Å². The molecule has 0 saturated carbocycles. The molecule has 7 heteroatoms. The number of hydrogen-bond donors (Lipinski definition) is 0. The molecule has 0 bridgehead atoms. The number of aryl methyl sites for hydroxylation is 1. The van der Waals surface area contributed by atoms with Crippen LogP contribution in [0.15, 0.2) is 30.3 Å². The molecule has 2 heterocycles. The average molecular weight is 483 g/mol. The van der Waals surface area contributed by atoms with E-state index in [4.69, 9.17) is 4.79 Å². The number of nitrogens with zero attached hydrogens (tertiary/aromatic N) is 5. The van der Waals surface area contributed by atoms with E-state index in [0.717, 1.165) is 25.3 Å². The largest absolute Gasteiger partial charge is 2.00 e. The summed E-state index contributed by atoms with van der Waals surface area (Å²) in [5.41, 5.74) is 1.16. The van der Waals surface area contributed by atoms with Gasteiger partial charge in [0.2, 0.25) is 0 Å². The number of benzene rings is 1. The van der Waals surface area contributed by atoms with Crippen LogP contribution in [0, 0.1) is 13.0 Å². The molecular formula is C16H21N5OW. The van der Waals surface area contributed by atoms with E-state index in [-0.39, 0.29) is 26.5 Å². The zero-order valence-corrected chi connectivity index (χ0v) is 16.4. The number of hydrogen-bond acceptors (Lipinski definition) is 5. The molecule has 2 unspecified atom stereocenters. The van der Waals surface area contributed by atoms with Gasteiger partial charge in [-0.3, -0.25) is 13.8 Å². The molecule has 1 saturated heterocycles. The van der Waals surface area contributed by atoms with Crippen molar-refractivity contribution in [1.82, 2.24) is 25.1 Å². The molecule has 6 nitrogen and oxygen atoms in total. The Balaban J connectivity index is 0.000000849. The van der Waals surface area contributed by atoms with Crippen LogP contribution in [0.1, 0.15) is 24.7 Å². The second kappa shape index (κ2) is 8.46. The maximum absolute atomic E-state index is 7.75. The van der Waals surface area contributed by atoms with Crippen molar-refractivity contribution in [3.63, 3.8) is 0 Å². The van der Waals surface area contributed by atoms with Gasteiger partial charge in [-0.05, 0) is 41.4 Å². The Bertz CT molecular complexity index is 606. The average Bonchev–Trinajstić information content (AvgIpc) is 2.97. The Morgan fingerprint density at radius 3 is 2.48 bits per heavy atom. The van der Waals surface area contributed by atoms with Crippen LogP contribution in [-0.4, -0.2) is 45.0 Å². The van der Waals surface area contributed by atoms with Gasteiger partial charge in [-0.25, -0.2) is 4.68 Å². The summed E-state index contributed by atoms with van der Waals surface area (Å²) in [6, 6.07) is 10.6. The van der Waals surface area contributed by atoms with Gasteiger partial charge in [0.15, 0.2) is 5.82 Å². The smallest absolute Gasteiger partial charge is 0.545 e. The number of aromatic nitrogens is 4. The van der Waals surface area contributed by atoms with E-state index < -0.39 is 0 Å². The van der Waals surface area contributed by atoms with Crippen LogP contribution in [0.25, 0.3) is 0 Å². The summed E-state index contributed by atoms with van der Waals surface area (Å²) in [5, 5.41) is 12.2. The Labute approximate surface area is 151 Å². The molecule has 122 valence electrons. The normalized spacial score (nSPS) is 24.2. The minimum absolute atomic E-state index is 0. The fourth-order valence-corrected chi connectivity index (χ4v) is 3.45. The topological polar surface area (TPSA) is 63.9 Å². The van der Waals surface area contributed by atoms with Crippen LogP contribution in [0.5, 0.6) is 0 Å². The molecule has 23 heavy (non-hydrogen) atoms. The molecule has 0 radical (unpaired) electrons. The van der Waals surface area contributed by atoms with Crippen molar-refractivity contribution >= 4 is 6.79 Å². The first-order valence-corrected chi connectivity index (χ1v) is 7.22. The Hall–Kier alpha value is -1.39. The zero-order valence-electron chi connectivity index (χ0n) is 13.4. The maximum Gasteiger partial charge on any atom is 2.00 e. The second-order valence-corrected chi connectivity index (χ2v) is 5.69. The van der Waals surface area contributed by atoms with Gasteiger partial charge in [-0.1, -0.05) is 37.3 Å². The van der Waals surface area contributed by atoms with Crippen molar-refractivity contribution in [2.75, 3.05) is 13.1 Å². The molecule has 1 fully saturated rings. The van der Waals surface area contributed by atoms with Gasteiger partial charge in [0.25, 0.3) is 0 Å². The standard InChI is InChI=1S/C15H20N5.CHO.W/c1-12-11-19(2)10-9-15(12,13-7-5-4-6-8-13)14-16-17-18-20(14)3;1-2;/h4-8,12H,2,9-11H2,1,3H3;1H;/q2*-1;+2. The molecule has 1 aromatic heterocycles. The van der Waals surface area contributed by atoms with Crippen LogP contribution in [0.2, 0.25) is 0 Å². The van der Waals surface area contributed by atoms with Crippen LogP contribution in [0.4, 0.5) is 0 Å². The summed E-state index contributed by atoms with van der Waals surface area (Å²) < 4.78 is 1.81. The molecule has 0 aliphatic carbocycles. The van der Waals surface area contributed by atoms with Gasteiger partial charge in [-0.2, -0.15) is 0 Å². The van der Waals surface area contributed by atoms with Crippen LogP contribution in [-0.2, 0) is 38.3 Å². The van der Waals surface area contributed by atoms with E-state index in [0.29, 0.717) is 5.92 Å². The molecule has 2 atom stereocenters. The van der Waals surface area contributed by atoms with E-state index in [9.17, 15) is 0 Å². The van der Waals surface area contributed by atoms with Crippen molar-refractivity contribution in [3.05, 3.63) is 48.8 Å². The fourth-order valence-electron chi connectivity index (χ4n) is 3.45. The predicted molar refractivity (Wildman–Crippen MR) is 83.5 cm³/mol. The Kier molecular flexibility index (Phi) is 7.23. The van der Waals surface area contributed by atoms with Crippen LogP contribution >= 0.6 is 0 Å². The monoisotopic (exact) mass is 483 g/mol. The molecule has 3 rings (SSSR count). The quantitative estimate of drug-likeness (QED) is 0.477. The molecule has 0 N–H and O–H groups in total. The molecular weight excluding hydrogens is 462 g/mol. The first-order chi connectivity index (χ1) is 10.6. The number of piperidine rings is 1. The number of carbonyl (C=O) groups excluding carboxylic acids is 1. The summed E-state index contributed by atoms with van der Waals surface area (Å²) >= 11 is 0. The SMILES string of the molecule is [CH-]=O.[CH2-]N1CCC(c2ccccc2)(c2nnnn2C)C(C)C1.[W+2]. The van der Waals surface area contributed by atoms with Crippen molar-refractivity contribution < 1.29 is 25.9 Å².